The third-order valence-corrected chi connectivity index (χ3v) is 4.95. The average molecular weight is 510 g/mol. The van der Waals surface area contributed by atoms with Crippen LogP contribution in [0.4, 0.5) is 26.3 Å². The Morgan fingerprint density at radius 3 is 2.39 bits per heavy atom. The van der Waals surface area contributed by atoms with E-state index < -0.39 is 35.7 Å². The van der Waals surface area contributed by atoms with Crippen molar-refractivity contribution in [3.05, 3.63) is 83.3 Å². The molecule has 36 heavy (non-hydrogen) atoms. The number of carbonyl (C=O) groups excluding carboxylic acids is 1. The van der Waals surface area contributed by atoms with Gasteiger partial charge in [-0.05, 0) is 24.6 Å². The summed E-state index contributed by atoms with van der Waals surface area (Å²) in [5, 5.41) is 9.60. The van der Waals surface area contributed by atoms with E-state index in [1.807, 2.05) is 0 Å². The molecule has 3 aromatic heterocycles. The van der Waals surface area contributed by atoms with Crippen molar-refractivity contribution in [2.45, 2.75) is 31.9 Å². The van der Waals surface area contributed by atoms with Gasteiger partial charge in [0.25, 0.3) is 5.91 Å². The van der Waals surface area contributed by atoms with Crippen LogP contribution < -0.4 is 5.32 Å². The molecule has 0 radical (unpaired) electrons. The van der Waals surface area contributed by atoms with E-state index in [1.54, 1.807) is 30.3 Å². The highest BCUT2D eigenvalue weighted by Crippen LogP contribution is 2.31. The second-order valence-electron chi connectivity index (χ2n) is 7.63. The largest absolute Gasteiger partial charge is 0.435 e. The van der Waals surface area contributed by atoms with Crippen molar-refractivity contribution in [3.63, 3.8) is 0 Å². The molecule has 1 amide bonds. The first-order valence-corrected chi connectivity index (χ1v) is 10.3. The molecule has 8 nitrogen and oxygen atoms in total. The molecular formula is C22H16F6N6O2. The number of hydrogen-bond acceptors (Lipinski definition) is 6. The lowest BCUT2D eigenvalue weighted by Gasteiger charge is -2.11. The molecule has 3 heterocycles. The minimum absolute atomic E-state index is 0.0263. The molecule has 0 bridgehead atoms. The van der Waals surface area contributed by atoms with Gasteiger partial charge in [-0.3, -0.25) is 14.5 Å². The first-order chi connectivity index (χ1) is 16.9. The first kappa shape index (κ1) is 24.9. The molecule has 4 rings (SSSR count). The fraction of sp³-hybridized carbons (Fsp3) is 0.227. The fourth-order valence-corrected chi connectivity index (χ4v) is 3.20. The van der Waals surface area contributed by atoms with E-state index in [0.717, 1.165) is 16.9 Å². The van der Waals surface area contributed by atoms with Crippen LogP contribution in [0.15, 0.2) is 59.3 Å². The third kappa shape index (κ3) is 5.53. The highest BCUT2D eigenvalue weighted by atomic mass is 19.4. The molecule has 0 saturated heterocycles. The minimum Gasteiger partial charge on any atom is -0.339 e. The molecule has 4 aromatic rings. The van der Waals surface area contributed by atoms with Crippen molar-refractivity contribution in [2.24, 2.45) is 0 Å². The Bertz CT molecular complexity index is 1360. The van der Waals surface area contributed by atoms with Crippen LogP contribution in [0.5, 0.6) is 0 Å². The Hall–Kier alpha value is -4.23. The van der Waals surface area contributed by atoms with Crippen molar-refractivity contribution in [1.82, 2.24) is 30.2 Å². The predicted molar refractivity (Wildman–Crippen MR) is 111 cm³/mol. The molecule has 0 fully saturated rings. The fourth-order valence-electron chi connectivity index (χ4n) is 3.20. The molecule has 0 saturated carbocycles. The number of benzene rings is 1. The Kier molecular flexibility index (Phi) is 6.52. The smallest absolute Gasteiger partial charge is 0.339 e. The Balaban J connectivity index is 1.55. The molecule has 1 atom stereocenters. The van der Waals surface area contributed by atoms with Crippen LogP contribution in [0.2, 0.25) is 0 Å². The van der Waals surface area contributed by atoms with Gasteiger partial charge in [0.2, 0.25) is 11.7 Å². The van der Waals surface area contributed by atoms with Crippen LogP contribution in [0.25, 0.3) is 11.4 Å². The predicted octanol–water partition coefficient (Wildman–Crippen LogP) is 4.91. The number of amides is 1. The van der Waals surface area contributed by atoms with Gasteiger partial charge in [-0.2, -0.15) is 36.4 Å². The quantitative estimate of drug-likeness (QED) is 0.371. The molecule has 14 heteroatoms. The number of pyridine rings is 1. The average Bonchev–Trinajstić information content (AvgIpc) is 3.47. The SMILES string of the molecule is C[C@H](NC(=O)c1cc(C(F)(F)F)nn1Cc1ccccc1)c1nc(-c2ccnc(C(F)(F)F)c2)no1. The number of aromatic nitrogens is 5. The van der Waals surface area contributed by atoms with Crippen molar-refractivity contribution in [3.8, 4) is 11.4 Å². The second-order valence-corrected chi connectivity index (χ2v) is 7.63. The summed E-state index contributed by atoms with van der Waals surface area (Å²) in [7, 11) is 0. The number of alkyl halides is 6. The minimum atomic E-state index is -4.77. The zero-order chi connectivity index (χ0) is 26.1. The van der Waals surface area contributed by atoms with E-state index in [4.69, 9.17) is 4.52 Å². The summed E-state index contributed by atoms with van der Waals surface area (Å²) < 4.78 is 84.5. The van der Waals surface area contributed by atoms with E-state index in [0.29, 0.717) is 11.6 Å². The summed E-state index contributed by atoms with van der Waals surface area (Å²) in [5.41, 5.74) is -2.16. The van der Waals surface area contributed by atoms with Gasteiger partial charge in [0.05, 0.1) is 6.54 Å². The maximum Gasteiger partial charge on any atom is 0.435 e. The molecule has 0 aliphatic carbocycles. The molecule has 1 N–H and O–H groups in total. The van der Waals surface area contributed by atoms with Gasteiger partial charge in [0, 0.05) is 17.8 Å². The third-order valence-electron chi connectivity index (χ3n) is 4.95. The van der Waals surface area contributed by atoms with Gasteiger partial charge in [-0.1, -0.05) is 35.5 Å². The van der Waals surface area contributed by atoms with E-state index in [-0.39, 0.29) is 29.5 Å². The van der Waals surface area contributed by atoms with Gasteiger partial charge in [0.1, 0.15) is 17.4 Å². The zero-order valence-corrected chi connectivity index (χ0v) is 18.3. The normalized spacial score (nSPS) is 13.0. The Morgan fingerprint density at radius 2 is 1.72 bits per heavy atom. The maximum absolute atomic E-state index is 13.3. The summed E-state index contributed by atoms with van der Waals surface area (Å²) in [6.45, 7) is 1.33. The van der Waals surface area contributed by atoms with Crippen molar-refractivity contribution in [1.29, 1.82) is 0 Å². The number of halogens is 6. The summed E-state index contributed by atoms with van der Waals surface area (Å²) in [6, 6.07) is 10.1. The van der Waals surface area contributed by atoms with E-state index in [9.17, 15) is 31.1 Å². The topological polar surface area (TPSA) is 98.7 Å². The molecule has 0 aliphatic rings. The standard InChI is InChI=1S/C22H16F6N6O2/c1-12(20-31-18(33-36-20)14-7-8-29-16(9-14)21(23,24)25)30-19(35)15-10-17(22(26,27)28)32-34(15)11-13-5-3-2-4-6-13/h2-10,12H,11H2,1H3,(H,30,35)/t12-/m0/s1. The Labute approximate surface area is 199 Å². The van der Waals surface area contributed by atoms with Gasteiger partial charge < -0.3 is 9.84 Å². The van der Waals surface area contributed by atoms with Gasteiger partial charge in [-0.25, -0.2) is 0 Å². The van der Waals surface area contributed by atoms with E-state index in [1.165, 1.54) is 13.0 Å². The van der Waals surface area contributed by atoms with Crippen molar-refractivity contribution >= 4 is 5.91 Å². The molecule has 188 valence electrons. The lowest BCUT2D eigenvalue weighted by Crippen LogP contribution is -2.29. The van der Waals surface area contributed by atoms with Crippen LogP contribution in [-0.2, 0) is 18.9 Å². The number of carbonyl (C=O) groups is 1. The van der Waals surface area contributed by atoms with E-state index >= 15 is 0 Å². The number of nitrogens with zero attached hydrogens (tertiary/aromatic N) is 5. The van der Waals surface area contributed by atoms with E-state index in [2.05, 4.69) is 25.5 Å². The maximum atomic E-state index is 13.3. The molecule has 0 spiro atoms. The molecule has 0 aliphatic heterocycles. The lowest BCUT2D eigenvalue weighted by atomic mass is 10.2. The summed E-state index contributed by atoms with van der Waals surface area (Å²) in [5.74, 6) is -1.26. The van der Waals surface area contributed by atoms with Crippen LogP contribution in [0, 0.1) is 0 Å². The monoisotopic (exact) mass is 510 g/mol. The van der Waals surface area contributed by atoms with Crippen LogP contribution in [0.3, 0.4) is 0 Å². The number of rotatable bonds is 6. The lowest BCUT2D eigenvalue weighted by molar-refractivity contribution is -0.142. The zero-order valence-electron chi connectivity index (χ0n) is 18.3. The summed E-state index contributed by atoms with van der Waals surface area (Å²) in [4.78, 5) is 20.1. The van der Waals surface area contributed by atoms with Crippen LogP contribution >= 0.6 is 0 Å². The van der Waals surface area contributed by atoms with Gasteiger partial charge in [-0.15, -0.1) is 0 Å². The highest BCUT2D eigenvalue weighted by molar-refractivity contribution is 5.93. The van der Waals surface area contributed by atoms with Gasteiger partial charge >= 0.3 is 12.4 Å². The number of nitrogens with one attached hydrogen (secondary N) is 1. The first-order valence-electron chi connectivity index (χ1n) is 10.3. The van der Waals surface area contributed by atoms with Crippen LogP contribution in [0.1, 0.15) is 46.3 Å². The van der Waals surface area contributed by atoms with Crippen LogP contribution in [-0.4, -0.2) is 30.8 Å². The molecule has 1 aromatic carbocycles. The second kappa shape index (κ2) is 9.43. The number of hydrogen-bond donors (Lipinski definition) is 1. The van der Waals surface area contributed by atoms with Gasteiger partial charge in [0.15, 0.2) is 5.69 Å². The summed E-state index contributed by atoms with van der Waals surface area (Å²) in [6.07, 6.45) is -8.52. The molecule has 0 unspecified atom stereocenters. The Morgan fingerprint density at radius 1 is 1.03 bits per heavy atom. The van der Waals surface area contributed by atoms with Crippen molar-refractivity contribution < 1.29 is 35.7 Å². The van der Waals surface area contributed by atoms with Crippen molar-refractivity contribution in [2.75, 3.05) is 0 Å². The highest BCUT2D eigenvalue weighted by Gasteiger charge is 2.36. The molecular weight excluding hydrogens is 494 g/mol. The summed E-state index contributed by atoms with van der Waals surface area (Å²) >= 11 is 0.